The Morgan fingerprint density at radius 2 is 2.24 bits per heavy atom. The largest absolute Gasteiger partial charge is 0.496 e. The van der Waals surface area contributed by atoms with Gasteiger partial charge in [-0.15, -0.1) is 0 Å². The molecule has 1 aliphatic heterocycles. The average molecular weight is 297 g/mol. The Kier molecular flexibility index (Phi) is 2.36. The third-order valence-corrected chi connectivity index (χ3v) is 3.38. The molecule has 0 radical (unpaired) electrons. The van der Waals surface area contributed by atoms with Crippen molar-refractivity contribution < 1.29 is 13.9 Å². The Balaban J connectivity index is 2.45. The molecule has 0 bridgehead atoms. The highest BCUT2D eigenvalue weighted by Crippen LogP contribution is 2.40. The number of rotatable bonds is 1. The number of ether oxygens (including phenoxy) is 2. The van der Waals surface area contributed by atoms with E-state index in [0.717, 1.165) is 28.9 Å². The summed E-state index contributed by atoms with van der Waals surface area (Å²) in [4.78, 5) is 11.4. The normalized spacial score (nSPS) is 13.5. The minimum atomic E-state index is -0.405. The van der Waals surface area contributed by atoms with Gasteiger partial charge in [-0.1, -0.05) is 0 Å². The van der Waals surface area contributed by atoms with E-state index in [0.29, 0.717) is 16.7 Å². The van der Waals surface area contributed by atoms with Crippen LogP contribution in [0, 0.1) is 0 Å². The molecule has 0 atom stereocenters. The molecule has 3 rings (SSSR count). The van der Waals surface area contributed by atoms with Crippen molar-refractivity contribution in [2.24, 2.45) is 0 Å². The van der Waals surface area contributed by atoms with Crippen molar-refractivity contribution in [1.82, 2.24) is 0 Å². The highest BCUT2D eigenvalue weighted by atomic mass is 79.9. The standard InChI is InChI=1S/C12H9BrO4/c1-15-11-6-2-3-16-9(6)5-10-7(11)4-8(13)12(14)17-10/h4-5H,2-3H2,1H3. The zero-order valence-corrected chi connectivity index (χ0v) is 10.7. The highest BCUT2D eigenvalue weighted by Gasteiger charge is 2.21. The van der Waals surface area contributed by atoms with E-state index in [9.17, 15) is 4.79 Å². The minimum Gasteiger partial charge on any atom is -0.496 e. The minimum absolute atomic E-state index is 0.391. The topological polar surface area (TPSA) is 48.7 Å². The summed E-state index contributed by atoms with van der Waals surface area (Å²) in [6.07, 6.45) is 0.811. The van der Waals surface area contributed by atoms with Crippen LogP contribution in [0.1, 0.15) is 5.56 Å². The monoisotopic (exact) mass is 296 g/mol. The predicted octanol–water partition coefficient (Wildman–Crippen LogP) is 2.50. The molecular formula is C12H9BrO4. The lowest BCUT2D eigenvalue weighted by Gasteiger charge is -2.09. The van der Waals surface area contributed by atoms with Crippen molar-refractivity contribution in [3.05, 3.63) is 32.6 Å². The van der Waals surface area contributed by atoms with Crippen LogP contribution in [0.5, 0.6) is 11.5 Å². The highest BCUT2D eigenvalue weighted by molar-refractivity contribution is 9.10. The van der Waals surface area contributed by atoms with Crippen molar-refractivity contribution in [2.45, 2.75) is 6.42 Å². The zero-order valence-electron chi connectivity index (χ0n) is 9.08. The van der Waals surface area contributed by atoms with E-state index >= 15 is 0 Å². The summed E-state index contributed by atoms with van der Waals surface area (Å²) in [6, 6.07) is 3.46. The number of hydrogen-bond acceptors (Lipinski definition) is 4. The van der Waals surface area contributed by atoms with Gasteiger partial charge in [-0.2, -0.15) is 0 Å². The van der Waals surface area contributed by atoms with Gasteiger partial charge < -0.3 is 13.9 Å². The fourth-order valence-electron chi connectivity index (χ4n) is 2.09. The molecule has 0 fully saturated rings. The lowest BCUT2D eigenvalue weighted by Crippen LogP contribution is -2.00. The Morgan fingerprint density at radius 1 is 1.41 bits per heavy atom. The second-order valence-electron chi connectivity index (χ2n) is 3.78. The molecule has 0 saturated heterocycles. The molecule has 17 heavy (non-hydrogen) atoms. The fraction of sp³-hybridized carbons (Fsp3) is 0.250. The SMILES string of the molecule is COc1c2c(cc3oc(=O)c(Br)cc13)OCC2. The quantitative estimate of drug-likeness (QED) is 0.759. The molecule has 0 spiro atoms. The van der Waals surface area contributed by atoms with E-state index in [1.807, 2.05) is 0 Å². The molecule has 2 aromatic rings. The van der Waals surface area contributed by atoms with Crippen LogP contribution in [0.2, 0.25) is 0 Å². The molecule has 0 N–H and O–H groups in total. The van der Waals surface area contributed by atoms with E-state index in [4.69, 9.17) is 13.9 Å². The molecule has 0 saturated carbocycles. The third kappa shape index (κ3) is 1.53. The summed E-state index contributed by atoms with van der Waals surface area (Å²) < 4.78 is 16.5. The molecule has 2 heterocycles. The third-order valence-electron chi connectivity index (χ3n) is 2.83. The molecule has 1 aromatic heterocycles. The van der Waals surface area contributed by atoms with Gasteiger partial charge in [0.05, 0.1) is 19.1 Å². The first kappa shape index (κ1) is 10.7. The maximum Gasteiger partial charge on any atom is 0.350 e. The van der Waals surface area contributed by atoms with Crippen LogP contribution in [0.3, 0.4) is 0 Å². The van der Waals surface area contributed by atoms with Gasteiger partial charge in [0.1, 0.15) is 21.6 Å². The van der Waals surface area contributed by atoms with Crippen molar-refractivity contribution >= 4 is 26.9 Å². The summed E-state index contributed by atoms with van der Waals surface area (Å²) in [5, 5.41) is 0.781. The molecule has 4 nitrogen and oxygen atoms in total. The van der Waals surface area contributed by atoms with Crippen molar-refractivity contribution in [2.75, 3.05) is 13.7 Å². The lowest BCUT2D eigenvalue weighted by atomic mass is 10.1. The Hall–Kier alpha value is -1.49. The van der Waals surface area contributed by atoms with Crippen molar-refractivity contribution in [1.29, 1.82) is 0 Å². The summed E-state index contributed by atoms with van der Waals surface area (Å²) in [5.74, 6) is 1.46. The number of hydrogen-bond donors (Lipinski definition) is 0. The van der Waals surface area contributed by atoms with Crippen LogP contribution >= 0.6 is 15.9 Å². The van der Waals surface area contributed by atoms with Crippen LogP contribution in [0.25, 0.3) is 11.0 Å². The van der Waals surface area contributed by atoms with E-state index < -0.39 is 5.63 Å². The summed E-state index contributed by atoms with van der Waals surface area (Å²) >= 11 is 3.17. The predicted molar refractivity (Wildman–Crippen MR) is 65.9 cm³/mol. The number of fused-ring (bicyclic) bond motifs is 2. The molecule has 0 amide bonds. The van der Waals surface area contributed by atoms with Crippen LogP contribution in [0.15, 0.2) is 25.8 Å². The first-order chi connectivity index (χ1) is 8.20. The molecule has 88 valence electrons. The molecule has 0 aliphatic carbocycles. The summed E-state index contributed by atoms with van der Waals surface area (Å²) in [5.41, 5.74) is 1.11. The maximum atomic E-state index is 11.4. The van der Waals surface area contributed by atoms with Gasteiger partial charge in [0.2, 0.25) is 0 Å². The number of halogens is 1. The first-order valence-corrected chi connectivity index (χ1v) is 5.96. The van der Waals surface area contributed by atoms with Crippen LogP contribution in [-0.2, 0) is 6.42 Å². The van der Waals surface area contributed by atoms with Gasteiger partial charge in [0, 0.05) is 18.1 Å². The Labute approximate surface area is 105 Å². The zero-order chi connectivity index (χ0) is 12.0. The second-order valence-corrected chi connectivity index (χ2v) is 4.63. The maximum absolute atomic E-state index is 11.4. The van der Waals surface area contributed by atoms with Crippen molar-refractivity contribution in [3.63, 3.8) is 0 Å². The summed E-state index contributed by atoms with van der Waals surface area (Å²) in [6.45, 7) is 0.632. The van der Waals surface area contributed by atoms with E-state index in [1.54, 1.807) is 19.2 Å². The van der Waals surface area contributed by atoms with Gasteiger partial charge in [0.25, 0.3) is 0 Å². The van der Waals surface area contributed by atoms with Gasteiger partial charge in [-0.3, -0.25) is 0 Å². The van der Waals surface area contributed by atoms with Gasteiger partial charge in [-0.05, 0) is 22.0 Å². The molecule has 0 unspecified atom stereocenters. The van der Waals surface area contributed by atoms with Gasteiger partial charge in [0.15, 0.2) is 0 Å². The van der Waals surface area contributed by atoms with Crippen LogP contribution in [0.4, 0.5) is 0 Å². The van der Waals surface area contributed by atoms with E-state index in [2.05, 4.69) is 15.9 Å². The summed E-state index contributed by atoms with van der Waals surface area (Å²) in [7, 11) is 1.60. The van der Waals surface area contributed by atoms with E-state index in [-0.39, 0.29) is 0 Å². The lowest BCUT2D eigenvalue weighted by molar-refractivity contribution is 0.356. The van der Waals surface area contributed by atoms with E-state index in [1.165, 1.54) is 0 Å². The average Bonchev–Trinajstić information content (AvgIpc) is 2.75. The van der Waals surface area contributed by atoms with Gasteiger partial charge >= 0.3 is 5.63 Å². The molecule has 5 heteroatoms. The van der Waals surface area contributed by atoms with Crippen LogP contribution < -0.4 is 15.1 Å². The Morgan fingerprint density at radius 3 is 3.00 bits per heavy atom. The Bertz CT molecular complexity index is 660. The van der Waals surface area contributed by atoms with Crippen LogP contribution in [-0.4, -0.2) is 13.7 Å². The molecule has 1 aromatic carbocycles. The molecular weight excluding hydrogens is 288 g/mol. The fourth-order valence-corrected chi connectivity index (χ4v) is 2.40. The smallest absolute Gasteiger partial charge is 0.350 e. The molecule has 1 aliphatic rings. The van der Waals surface area contributed by atoms with Crippen molar-refractivity contribution in [3.8, 4) is 11.5 Å². The second kappa shape index (κ2) is 3.77. The number of methoxy groups -OCH3 is 1. The van der Waals surface area contributed by atoms with Gasteiger partial charge in [-0.25, -0.2) is 4.79 Å². The first-order valence-electron chi connectivity index (χ1n) is 5.16. The number of benzene rings is 1.